The number of anilines is 1. The molecule has 0 saturated heterocycles. The fourth-order valence-electron chi connectivity index (χ4n) is 2.24. The monoisotopic (exact) mass is 277 g/mol. The third kappa shape index (κ3) is 4.53. The fourth-order valence-corrected chi connectivity index (χ4v) is 2.24. The van der Waals surface area contributed by atoms with Crippen LogP contribution in [0.4, 0.5) is 5.69 Å². The summed E-state index contributed by atoms with van der Waals surface area (Å²) in [6.07, 6.45) is 0. The van der Waals surface area contributed by atoms with Crippen LogP contribution in [0, 0.1) is 5.92 Å². The van der Waals surface area contributed by atoms with Gasteiger partial charge in [-0.05, 0) is 38.2 Å². The van der Waals surface area contributed by atoms with Crippen molar-refractivity contribution in [3.63, 3.8) is 0 Å². The minimum absolute atomic E-state index is 0.0128. The highest BCUT2D eigenvalue weighted by Crippen LogP contribution is 2.13. The number of hydrogen-bond donors (Lipinski definition) is 1. The molecule has 0 bridgehead atoms. The van der Waals surface area contributed by atoms with Crippen LogP contribution < -0.4 is 10.2 Å². The second-order valence-electron chi connectivity index (χ2n) is 5.93. The van der Waals surface area contributed by atoms with E-state index in [-0.39, 0.29) is 5.91 Å². The van der Waals surface area contributed by atoms with E-state index in [4.69, 9.17) is 0 Å². The number of likely N-dealkylation sites (N-methyl/N-ethyl adjacent to an activating group) is 1. The summed E-state index contributed by atoms with van der Waals surface area (Å²) < 4.78 is 0. The molecule has 1 rings (SSSR count). The largest absolute Gasteiger partial charge is 0.378 e. The lowest BCUT2D eigenvalue weighted by atomic mass is 10.0. The Bertz CT molecular complexity index is 433. The Morgan fingerprint density at radius 2 is 1.85 bits per heavy atom. The summed E-state index contributed by atoms with van der Waals surface area (Å²) in [7, 11) is 8.03. The van der Waals surface area contributed by atoms with Crippen molar-refractivity contribution in [1.82, 2.24) is 10.2 Å². The molecule has 0 aliphatic carbocycles. The van der Waals surface area contributed by atoms with Gasteiger partial charge in [0, 0.05) is 37.9 Å². The summed E-state index contributed by atoms with van der Waals surface area (Å²) in [5.74, 6) is 0.486. The van der Waals surface area contributed by atoms with Crippen molar-refractivity contribution in [2.45, 2.75) is 19.9 Å². The van der Waals surface area contributed by atoms with Crippen molar-refractivity contribution in [1.29, 1.82) is 0 Å². The predicted molar refractivity (Wildman–Crippen MR) is 85.4 cm³/mol. The number of carbonyl (C=O) groups is 1. The van der Waals surface area contributed by atoms with E-state index in [9.17, 15) is 4.79 Å². The Labute approximate surface area is 122 Å². The molecular formula is C16H27N3O. The number of nitrogens with one attached hydrogen (secondary N) is 1. The summed E-state index contributed by atoms with van der Waals surface area (Å²) in [6, 6.07) is 8.01. The van der Waals surface area contributed by atoms with Gasteiger partial charge in [0.25, 0.3) is 5.91 Å². The molecule has 1 atom stereocenters. The Balaban J connectivity index is 2.69. The molecule has 1 aromatic carbocycles. The molecule has 0 fully saturated rings. The van der Waals surface area contributed by atoms with Crippen LogP contribution in [0.1, 0.15) is 24.2 Å². The topological polar surface area (TPSA) is 35.6 Å². The zero-order valence-corrected chi connectivity index (χ0v) is 13.5. The van der Waals surface area contributed by atoms with Crippen LogP contribution in [-0.2, 0) is 0 Å². The molecule has 0 aromatic heterocycles. The Morgan fingerprint density at radius 1 is 1.20 bits per heavy atom. The average Bonchev–Trinajstić information content (AvgIpc) is 2.38. The smallest absolute Gasteiger partial charge is 0.251 e. The van der Waals surface area contributed by atoms with E-state index >= 15 is 0 Å². The minimum Gasteiger partial charge on any atom is -0.378 e. The summed E-state index contributed by atoms with van der Waals surface area (Å²) >= 11 is 0. The van der Waals surface area contributed by atoms with E-state index in [1.807, 2.05) is 57.4 Å². The molecule has 0 heterocycles. The van der Waals surface area contributed by atoms with Crippen LogP contribution in [0.2, 0.25) is 0 Å². The summed E-state index contributed by atoms with van der Waals surface area (Å²) in [5.41, 5.74) is 1.74. The van der Waals surface area contributed by atoms with Gasteiger partial charge in [0.05, 0.1) is 0 Å². The molecule has 1 unspecified atom stereocenters. The molecule has 1 N–H and O–H groups in total. The van der Waals surface area contributed by atoms with Crippen LogP contribution in [0.25, 0.3) is 0 Å². The molecule has 0 aliphatic rings. The summed E-state index contributed by atoms with van der Waals surface area (Å²) in [4.78, 5) is 16.4. The molecule has 0 radical (unpaired) electrons. The number of hydrogen-bond acceptors (Lipinski definition) is 3. The van der Waals surface area contributed by atoms with E-state index in [0.717, 1.165) is 5.69 Å². The van der Waals surface area contributed by atoms with Gasteiger partial charge in [0.1, 0.15) is 0 Å². The van der Waals surface area contributed by atoms with Gasteiger partial charge < -0.3 is 15.1 Å². The Hall–Kier alpha value is -1.55. The van der Waals surface area contributed by atoms with Crippen molar-refractivity contribution in [2.24, 2.45) is 5.92 Å². The summed E-state index contributed by atoms with van der Waals surface area (Å²) in [5, 5.41) is 3.03. The molecule has 0 aliphatic heterocycles. The third-order valence-electron chi connectivity index (χ3n) is 3.53. The van der Waals surface area contributed by atoms with Crippen molar-refractivity contribution >= 4 is 11.6 Å². The summed E-state index contributed by atoms with van der Waals surface area (Å²) in [6.45, 7) is 5.00. The van der Waals surface area contributed by atoms with E-state index in [0.29, 0.717) is 24.1 Å². The maximum absolute atomic E-state index is 12.2. The Kier molecular flexibility index (Phi) is 6.02. The number of carbonyl (C=O) groups excluding carboxylic acids is 1. The molecule has 112 valence electrons. The quantitative estimate of drug-likeness (QED) is 0.864. The first-order chi connectivity index (χ1) is 9.32. The highest BCUT2D eigenvalue weighted by molar-refractivity contribution is 5.95. The second kappa shape index (κ2) is 7.29. The van der Waals surface area contributed by atoms with Gasteiger partial charge in [0.2, 0.25) is 0 Å². The zero-order valence-electron chi connectivity index (χ0n) is 13.5. The normalized spacial score (nSPS) is 12.6. The van der Waals surface area contributed by atoms with Crippen LogP contribution in [-0.4, -0.2) is 51.6 Å². The van der Waals surface area contributed by atoms with Gasteiger partial charge in [-0.1, -0.05) is 19.9 Å². The van der Waals surface area contributed by atoms with Crippen molar-refractivity contribution in [2.75, 3.05) is 39.6 Å². The minimum atomic E-state index is -0.0128. The molecule has 4 heteroatoms. The molecule has 0 saturated carbocycles. The molecule has 4 nitrogen and oxygen atoms in total. The zero-order chi connectivity index (χ0) is 15.3. The standard InChI is InChI=1S/C16H27N3O/c1-12(2)15(19(5)6)11-17-16(20)13-8-7-9-14(10-13)18(3)4/h7-10,12,15H,11H2,1-6H3,(H,17,20). The number of benzene rings is 1. The number of amides is 1. The molecular weight excluding hydrogens is 250 g/mol. The van der Waals surface area contributed by atoms with Gasteiger partial charge in [-0.2, -0.15) is 0 Å². The van der Waals surface area contributed by atoms with E-state index in [1.165, 1.54) is 0 Å². The lowest BCUT2D eigenvalue weighted by Gasteiger charge is -2.28. The van der Waals surface area contributed by atoms with E-state index in [2.05, 4.69) is 24.1 Å². The van der Waals surface area contributed by atoms with Crippen LogP contribution in [0.3, 0.4) is 0 Å². The van der Waals surface area contributed by atoms with Crippen LogP contribution >= 0.6 is 0 Å². The highest BCUT2D eigenvalue weighted by atomic mass is 16.1. The molecule has 0 spiro atoms. The van der Waals surface area contributed by atoms with Gasteiger partial charge in [0.15, 0.2) is 0 Å². The molecule has 20 heavy (non-hydrogen) atoms. The lowest BCUT2D eigenvalue weighted by molar-refractivity contribution is 0.0934. The third-order valence-corrected chi connectivity index (χ3v) is 3.53. The Morgan fingerprint density at radius 3 is 2.35 bits per heavy atom. The van der Waals surface area contributed by atoms with Gasteiger partial charge >= 0.3 is 0 Å². The van der Waals surface area contributed by atoms with Gasteiger partial charge in [-0.3, -0.25) is 4.79 Å². The first-order valence-electron chi connectivity index (χ1n) is 7.05. The highest BCUT2D eigenvalue weighted by Gasteiger charge is 2.17. The molecule has 1 amide bonds. The van der Waals surface area contributed by atoms with E-state index < -0.39 is 0 Å². The number of nitrogens with zero attached hydrogens (tertiary/aromatic N) is 2. The van der Waals surface area contributed by atoms with Gasteiger partial charge in [-0.15, -0.1) is 0 Å². The number of rotatable bonds is 6. The van der Waals surface area contributed by atoms with Crippen LogP contribution in [0.15, 0.2) is 24.3 Å². The van der Waals surface area contributed by atoms with Crippen molar-refractivity contribution in [3.05, 3.63) is 29.8 Å². The molecule has 1 aromatic rings. The fraction of sp³-hybridized carbons (Fsp3) is 0.562. The van der Waals surface area contributed by atoms with E-state index in [1.54, 1.807) is 0 Å². The second-order valence-corrected chi connectivity index (χ2v) is 5.93. The first kappa shape index (κ1) is 16.5. The van der Waals surface area contributed by atoms with Crippen LogP contribution in [0.5, 0.6) is 0 Å². The van der Waals surface area contributed by atoms with Crippen molar-refractivity contribution in [3.8, 4) is 0 Å². The average molecular weight is 277 g/mol. The predicted octanol–water partition coefficient (Wildman–Crippen LogP) is 2.07. The first-order valence-corrected chi connectivity index (χ1v) is 7.05. The SMILES string of the molecule is CC(C)C(CNC(=O)c1cccc(N(C)C)c1)N(C)C. The maximum Gasteiger partial charge on any atom is 0.251 e. The maximum atomic E-state index is 12.2. The lowest BCUT2D eigenvalue weighted by Crippen LogP contribution is -2.43. The van der Waals surface area contributed by atoms with Gasteiger partial charge in [-0.25, -0.2) is 0 Å². The van der Waals surface area contributed by atoms with Crippen molar-refractivity contribution < 1.29 is 4.79 Å².